The summed E-state index contributed by atoms with van der Waals surface area (Å²) in [6, 6.07) is 2.58. The molecule has 0 saturated carbocycles. The molecule has 0 radical (unpaired) electrons. The monoisotopic (exact) mass is 373 g/mol. The van der Waals surface area contributed by atoms with E-state index in [0.717, 1.165) is 24.3 Å². The number of hydrogen-bond donors (Lipinski definition) is 1. The molecule has 1 aliphatic rings. The molecule has 0 saturated heterocycles. The highest BCUT2D eigenvalue weighted by atomic mass is 16.6. The van der Waals surface area contributed by atoms with Crippen molar-refractivity contribution in [2.75, 3.05) is 0 Å². The fourth-order valence-electron chi connectivity index (χ4n) is 3.22. The van der Waals surface area contributed by atoms with Gasteiger partial charge in [-0.05, 0) is 18.6 Å². The minimum absolute atomic E-state index is 0.0503. The summed E-state index contributed by atoms with van der Waals surface area (Å²) < 4.78 is 0. The number of carboxylic acid groups (broad SMARTS) is 1. The van der Waals surface area contributed by atoms with Crippen molar-refractivity contribution in [3.05, 3.63) is 55.6 Å². The van der Waals surface area contributed by atoms with Crippen LogP contribution in [0.1, 0.15) is 34.1 Å². The van der Waals surface area contributed by atoms with E-state index in [4.69, 9.17) is 0 Å². The van der Waals surface area contributed by atoms with E-state index in [1.165, 1.54) is 6.92 Å². The Morgan fingerprint density at radius 2 is 1.44 bits per heavy atom. The lowest BCUT2D eigenvalue weighted by Gasteiger charge is -2.30. The zero-order valence-corrected chi connectivity index (χ0v) is 13.7. The number of hydrogen-bond acceptors (Lipinski definition) is 7. The van der Waals surface area contributed by atoms with Crippen LogP contribution in [0, 0.1) is 20.2 Å². The van der Waals surface area contributed by atoms with Crippen LogP contribution in [-0.2, 0) is 4.79 Å². The lowest BCUT2D eigenvalue weighted by Crippen LogP contribution is -2.50. The molecule has 1 atom stereocenters. The first kappa shape index (κ1) is 17.9. The van der Waals surface area contributed by atoms with Gasteiger partial charge in [0.1, 0.15) is 11.4 Å². The Hall–Kier alpha value is -3.89. The molecule has 138 valence electrons. The van der Waals surface area contributed by atoms with Gasteiger partial charge in [0.15, 0.2) is 0 Å². The first-order chi connectivity index (χ1) is 12.7. The van der Waals surface area contributed by atoms with Gasteiger partial charge in [0.25, 0.3) is 23.2 Å². The van der Waals surface area contributed by atoms with Gasteiger partial charge in [0, 0.05) is 28.6 Å². The first-order valence-electron chi connectivity index (χ1n) is 7.69. The average molecular weight is 373 g/mol. The molecule has 11 heteroatoms. The number of aliphatic carboxylic acids is 1. The van der Waals surface area contributed by atoms with Crippen molar-refractivity contribution in [3.63, 3.8) is 0 Å². The highest BCUT2D eigenvalue weighted by molar-refractivity contribution is 6.28. The number of nitro groups is 2. The summed E-state index contributed by atoms with van der Waals surface area (Å²) in [6.07, 6.45) is -0.0503. The van der Waals surface area contributed by atoms with Crippen molar-refractivity contribution in [1.82, 2.24) is 4.90 Å². The van der Waals surface area contributed by atoms with E-state index in [1.807, 2.05) is 0 Å². The van der Waals surface area contributed by atoms with Crippen LogP contribution in [0.25, 0.3) is 10.8 Å². The van der Waals surface area contributed by atoms with Gasteiger partial charge in [-0.2, -0.15) is 0 Å². The number of rotatable bonds is 5. The summed E-state index contributed by atoms with van der Waals surface area (Å²) in [4.78, 5) is 58.5. The summed E-state index contributed by atoms with van der Waals surface area (Å²) in [5.41, 5.74) is -1.65. The zero-order valence-electron chi connectivity index (χ0n) is 13.7. The Kier molecular flexibility index (Phi) is 4.06. The predicted octanol–water partition coefficient (Wildman–Crippen LogP) is 2.12. The minimum Gasteiger partial charge on any atom is -0.480 e. The number of carbonyl (C=O) groups excluding carboxylic acids is 2. The Balaban J connectivity index is 2.41. The molecular weight excluding hydrogens is 362 g/mol. The Morgan fingerprint density at radius 3 is 1.78 bits per heavy atom. The fraction of sp³-hybridized carbons (Fsp3) is 0.188. The van der Waals surface area contributed by atoms with Crippen LogP contribution in [0.4, 0.5) is 11.4 Å². The second-order valence-corrected chi connectivity index (χ2v) is 5.77. The number of non-ortho nitro benzene ring substituents is 2. The van der Waals surface area contributed by atoms with E-state index < -0.39 is 50.4 Å². The number of benzene rings is 2. The molecule has 27 heavy (non-hydrogen) atoms. The molecule has 11 nitrogen and oxygen atoms in total. The molecule has 0 aliphatic carbocycles. The molecule has 0 aromatic heterocycles. The van der Waals surface area contributed by atoms with Gasteiger partial charge in [-0.3, -0.25) is 34.7 Å². The number of carbonyl (C=O) groups is 3. The number of nitro benzene ring substituents is 2. The third-order valence-electron chi connectivity index (χ3n) is 4.39. The van der Waals surface area contributed by atoms with Gasteiger partial charge >= 0.3 is 5.97 Å². The Labute approximate surface area is 150 Å². The highest BCUT2D eigenvalue weighted by Gasteiger charge is 2.42. The Bertz CT molecular complexity index is 993. The highest BCUT2D eigenvalue weighted by Crippen LogP contribution is 2.41. The van der Waals surface area contributed by atoms with Crippen molar-refractivity contribution in [2.24, 2.45) is 0 Å². The number of imide groups is 1. The summed E-state index contributed by atoms with van der Waals surface area (Å²) in [5, 5.41) is 31.3. The number of carboxylic acids is 1. The molecule has 0 fully saturated rings. The summed E-state index contributed by atoms with van der Waals surface area (Å²) in [6.45, 7) is 1.48. The second-order valence-electron chi connectivity index (χ2n) is 5.77. The van der Waals surface area contributed by atoms with Crippen LogP contribution >= 0.6 is 0 Å². The van der Waals surface area contributed by atoms with E-state index in [0.29, 0.717) is 4.90 Å². The third kappa shape index (κ3) is 2.47. The van der Waals surface area contributed by atoms with Gasteiger partial charge in [0.05, 0.1) is 9.85 Å². The molecule has 1 N–H and O–H groups in total. The van der Waals surface area contributed by atoms with E-state index in [2.05, 4.69) is 0 Å². The molecule has 2 amide bonds. The maximum atomic E-state index is 12.8. The maximum Gasteiger partial charge on any atom is 0.326 e. The van der Waals surface area contributed by atoms with E-state index in [9.17, 15) is 39.7 Å². The van der Waals surface area contributed by atoms with Crippen molar-refractivity contribution in [3.8, 4) is 0 Å². The second kappa shape index (κ2) is 6.12. The van der Waals surface area contributed by atoms with Crippen LogP contribution in [-0.4, -0.2) is 43.7 Å². The number of amides is 2. The molecule has 3 rings (SSSR count). The standard InChI is InChI=1S/C16H11N3O8/c1-2-9(16(22)23)17-14(20)7-3-5-10(18(24)25)13-11(19(26)27)6-4-8(12(7)13)15(17)21/h3-6,9H,2H2,1H3,(H,22,23)/t9-/m1/s1. The molecular formula is C16H11N3O8. The topological polar surface area (TPSA) is 161 Å². The van der Waals surface area contributed by atoms with E-state index in [-0.39, 0.29) is 22.9 Å². The SMILES string of the molecule is CC[C@H](C(=O)O)N1C(=O)c2ccc([N+](=O)[O-])c3c([N+](=O)[O-])ccc(c23)C1=O. The largest absolute Gasteiger partial charge is 0.480 e. The van der Waals surface area contributed by atoms with Crippen LogP contribution in [0.3, 0.4) is 0 Å². The number of nitrogens with zero attached hydrogens (tertiary/aromatic N) is 3. The summed E-state index contributed by atoms with van der Waals surface area (Å²) in [5.74, 6) is -3.33. The van der Waals surface area contributed by atoms with Crippen molar-refractivity contribution in [2.45, 2.75) is 19.4 Å². The minimum atomic E-state index is -1.43. The lowest BCUT2D eigenvalue weighted by molar-refractivity contribution is -0.390. The molecule has 0 unspecified atom stereocenters. The molecule has 0 bridgehead atoms. The normalized spacial score (nSPS) is 14.3. The third-order valence-corrected chi connectivity index (χ3v) is 4.39. The molecule has 1 aliphatic heterocycles. The van der Waals surface area contributed by atoms with E-state index >= 15 is 0 Å². The van der Waals surface area contributed by atoms with Crippen LogP contribution in [0.5, 0.6) is 0 Å². The van der Waals surface area contributed by atoms with E-state index in [1.54, 1.807) is 0 Å². The van der Waals surface area contributed by atoms with Gasteiger partial charge in [-0.1, -0.05) is 6.92 Å². The van der Waals surface area contributed by atoms with Gasteiger partial charge in [-0.25, -0.2) is 4.79 Å². The fourth-order valence-corrected chi connectivity index (χ4v) is 3.22. The van der Waals surface area contributed by atoms with Crippen LogP contribution in [0.2, 0.25) is 0 Å². The van der Waals surface area contributed by atoms with Gasteiger partial charge in [0.2, 0.25) is 0 Å². The molecule has 0 spiro atoms. The van der Waals surface area contributed by atoms with Crippen molar-refractivity contribution >= 4 is 39.9 Å². The zero-order chi connectivity index (χ0) is 20.0. The van der Waals surface area contributed by atoms with Gasteiger partial charge in [-0.15, -0.1) is 0 Å². The molecule has 1 heterocycles. The quantitative estimate of drug-likeness (QED) is 0.473. The van der Waals surface area contributed by atoms with Crippen molar-refractivity contribution in [1.29, 1.82) is 0 Å². The Morgan fingerprint density at radius 1 is 1.00 bits per heavy atom. The summed E-state index contributed by atoms with van der Waals surface area (Å²) >= 11 is 0. The maximum absolute atomic E-state index is 12.8. The first-order valence-corrected chi connectivity index (χ1v) is 7.69. The van der Waals surface area contributed by atoms with Crippen molar-refractivity contribution < 1.29 is 29.3 Å². The van der Waals surface area contributed by atoms with Gasteiger partial charge < -0.3 is 5.11 Å². The predicted molar refractivity (Wildman–Crippen MR) is 89.5 cm³/mol. The van der Waals surface area contributed by atoms with Crippen LogP contribution in [0.15, 0.2) is 24.3 Å². The molecule has 2 aromatic rings. The lowest BCUT2D eigenvalue weighted by atomic mass is 9.91. The van der Waals surface area contributed by atoms with Crippen LogP contribution < -0.4 is 0 Å². The summed E-state index contributed by atoms with van der Waals surface area (Å²) in [7, 11) is 0. The molecule has 2 aromatic carbocycles. The average Bonchev–Trinajstić information content (AvgIpc) is 2.61. The smallest absolute Gasteiger partial charge is 0.326 e.